The van der Waals surface area contributed by atoms with Crippen molar-refractivity contribution < 1.29 is 4.79 Å². The summed E-state index contributed by atoms with van der Waals surface area (Å²) in [5.41, 5.74) is 3.80. The maximum atomic E-state index is 10.6. The van der Waals surface area contributed by atoms with Gasteiger partial charge in [0.15, 0.2) is 0 Å². The highest BCUT2D eigenvalue weighted by atomic mass is 16.3. The Bertz CT molecular complexity index is 383. The van der Waals surface area contributed by atoms with Crippen LogP contribution in [0.1, 0.15) is 10.5 Å². The molecule has 62 valence electrons. The summed E-state index contributed by atoms with van der Waals surface area (Å²) >= 11 is 0. The average Bonchev–Trinajstić information content (AvgIpc) is 2.03. The molecule has 1 amide bonds. The highest BCUT2D eigenvalue weighted by molar-refractivity contribution is 5.91. The number of aromatic amines is 1. The third kappa shape index (κ3) is 1.51. The van der Waals surface area contributed by atoms with Crippen LogP contribution >= 0.6 is 0 Å². The molecule has 12 heavy (non-hydrogen) atoms. The Morgan fingerprint density at radius 1 is 1.67 bits per heavy atom. The van der Waals surface area contributed by atoms with Crippen LogP contribution in [0.4, 0.5) is 5.82 Å². The van der Waals surface area contributed by atoms with Crippen LogP contribution in [0.15, 0.2) is 16.0 Å². The van der Waals surface area contributed by atoms with Gasteiger partial charge >= 0.3 is 5.69 Å². The lowest BCUT2D eigenvalue weighted by molar-refractivity contribution is 0.0995. The number of nitroso groups, excluding NO2 is 1. The van der Waals surface area contributed by atoms with Gasteiger partial charge in [0, 0.05) is 6.07 Å². The van der Waals surface area contributed by atoms with E-state index >= 15 is 0 Å². The molecule has 1 rings (SSSR count). The minimum Gasteiger partial charge on any atom is -0.364 e. The maximum absolute atomic E-state index is 10.6. The van der Waals surface area contributed by atoms with Crippen molar-refractivity contribution in [3.05, 3.63) is 27.2 Å². The lowest BCUT2D eigenvalue weighted by Crippen LogP contribution is -2.20. The van der Waals surface area contributed by atoms with Gasteiger partial charge in [0.2, 0.25) is 5.82 Å². The number of nitrogens with zero attached hydrogens (tertiary/aromatic N) is 2. The fourth-order valence-electron chi connectivity index (χ4n) is 0.624. The summed E-state index contributed by atoms with van der Waals surface area (Å²) in [5.74, 6) is -1.22. The quantitative estimate of drug-likeness (QED) is 0.565. The van der Waals surface area contributed by atoms with Crippen LogP contribution in [0.5, 0.6) is 0 Å². The molecule has 0 aliphatic heterocycles. The van der Waals surface area contributed by atoms with Crippen molar-refractivity contribution in [1.29, 1.82) is 0 Å². The van der Waals surface area contributed by atoms with Crippen LogP contribution in [0.25, 0.3) is 0 Å². The molecule has 7 heteroatoms. The van der Waals surface area contributed by atoms with E-state index in [2.05, 4.69) is 10.2 Å². The first-order valence-corrected chi connectivity index (χ1v) is 2.88. The van der Waals surface area contributed by atoms with Gasteiger partial charge in [-0.15, -0.1) is 4.91 Å². The third-order valence-corrected chi connectivity index (χ3v) is 1.09. The Morgan fingerprint density at radius 3 is 2.83 bits per heavy atom. The summed E-state index contributed by atoms with van der Waals surface area (Å²) in [4.78, 5) is 36.2. The van der Waals surface area contributed by atoms with Crippen molar-refractivity contribution in [2.24, 2.45) is 10.9 Å². The van der Waals surface area contributed by atoms with Gasteiger partial charge in [0.05, 0.1) is 0 Å². The Kier molecular flexibility index (Phi) is 1.95. The molecule has 0 saturated carbocycles. The van der Waals surface area contributed by atoms with Crippen LogP contribution in [-0.4, -0.2) is 15.9 Å². The van der Waals surface area contributed by atoms with Crippen molar-refractivity contribution >= 4 is 11.7 Å². The monoisotopic (exact) mass is 168 g/mol. The predicted octanol–water partition coefficient (Wildman–Crippen LogP) is -0.733. The third-order valence-electron chi connectivity index (χ3n) is 1.09. The standard InChI is InChI=1S/C5H4N4O3/c6-4(10)2-1-3(9-12)8-5(11)7-2/h1H,(H2,6,10)(H,7,8,11). The molecule has 3 N–H and O–H groups in total. The summed E-state index contributed by atoms with van der Waals surface area (Å²) in [5, 5.41) is 2.39. The second-order valence-corrected chi connectivity index (χ2v) is 1.91. The minimum absolute atomic E-state index is 0.190. The smallest absolute Gasteiger partial charge is 0.347 e. The van der Waals surface area contributed by atoms with E-state index in [9.17, 15) is 14.5 Å². The largest absolute Gasteiger partial charge is 0.364 e. The molecule has 0 saturated heterocycles. The molecule has 1 aromatic heterocycles. The van der Waals surface area contributed by atoms with Gasteiger partial charge in [0.25, 0.3) is 5.91 Å². The molecule has 0 aromatic carbocycles. The summed E-state index contributed by atoms with van der Waals surface area (Å²) in [7, 11) is 0. The van der Waals surface area contributed by atoms with Gasteiger partial charge in [-0.25, -0.2) is 4.79 Å². The Balaban J connectivity index is 3.33. The number of nitrogens with one attached hydrogen (secondary N) is 1. The zero-order chi connectivity index (χ0) is 9.14. The molecule has 1 aromatic rings. The molecule has 0 unspecified atom stereocenters. The van der Waals surface area contributed by atoms with E-state index < -0.39 is 11.6 Å². The fraction of sp³-hybridized carbons (Fsp3) is 0. The van der Waals surface area contributed by atoms with E-state index in [0.717, 1.165) is 6.07 Å². The summed E-state index contributed by atoms with van der Waals surface area (Å²) < 4.78 is 0. The topological polar surface area (TPSA) is 118 Å². The predicted molar refractivity (Wildman–Crippen MR) is 38.8 cm³/mol. The lowest BCUT2D eigenvalue weighted by Gasteiger charge is -1.92. The van der Waals surface area contributed by atoms with Crippen LogP contribution in [0.3, 0.4) is 0 Å². The normalized spacial score (nSPS) is 9.33. The van der Waals surface area contributed by atoms with E-state index in [1.807, 2.05) is 4.98 Å². The molecule has 0 spiro atoms. The molecular formula is C5H4N4O3. The van der Waals surface area contributed by atoms with Crippen molar-refractivity contribution in [3.63, 3.8) is 0 Å². The SMILES string of the molecule is NC(=O)c1cc(N=O)nc(=O)[nH]1. The van der Waals surface area contributed by atoms with E-state index in [-0.39, 0.29) is 11.5 Å². The Hall–Kier alpha value is -2.05. The highest BCUT2D eigenvalue weighted by Gasteiger charge is 2.04. The highest BCUT2D eigenvalue weighted by Crippen LogP contribution is 2.03. The molecule has 0 bridgehead atoms. The van der Waals surface area contributed by atoms with Crippen LogP contribution < -0.4 is 11.4 Å². The number of carbonyl (C=O) groups excluding carboxylic acids is 1. The zero-order valence-corrected chi connectivity index (χ0v) is 5.77. The maximum Gasteiger partial charge on any atom is 0.347 e. The van der Waals surface area contributed by atoms with E-state index in [1.165, 1.54) is 0 Å². The first-order valence-electron chi connectivity index (χ1n) is 2.88. The number of hydrogen-bond acceptors (Lipinski definition) is 5. The molecule has 1 heterocycles. The van der Waals surface area contributed by atoms with Crippen molar-refractivity contribution in [1.82, 2.24) is 9.97 Å². The van der Waals surface area contributed by atoms with Crippen LogP contribution in [0, 0.1) is 4.91 Å². The zero-order valence-electron chi connectivity index (χ0n) is 5.77. The lowest BCUT2D eigenvalue weighted by atomic mass is 10.4. The first kappa shape index (κ1) is 8.05. The van der Waals surface area contributed by atoms with Crippen molar-refractivity contribution in [2.45, 2.75) is 0 Å². The summed E-state index contributed by atoms with van der Waals surface area (Å²) in [6.45, 7) is 0. The van der Waals surface area contributed by atoms with E-state index in [0.29, 0.717) is 0 Å². The second-order valence-electron chi connectivity index (χ2n) is 1.91. The molecule has 7 nitrogen and oxygen atoms in total. The van der Waals surface area contributed by atoms with Gasteiger partial charge in [-0.3, -0.25) is 4.79 Å². The average molecular weight is 168 g/mol. The second kappa shape index (κ2) is 2.91. The molecule has 0 fully saturated rings. The van der Waals surface area contributed by atoms with E-state index in [4.69, 9.17) is 5.73 Å². The van der Waals surface area contributed by atoms with Gasteiger partial charge < -0.3 is 10.7 Å². The van der Waals surface area contributed by atoms with Gasteiger partial charge in [-0.2, -0.15) is 4.98 Å². The molecular weight excluding hydrogens is 164 g/mol. The fourth-order valence-corrected chi connectivity index (χ4v) is 0.624. The molecule has 0 radical (unpaired) electrons. The number of carbonyl (C=O) groups is 1. The number of nitrogens with two attached hydrogens (primary N) is 1. The Labute approximate surface area is 65.6 Å². The Morgan fingerprint density at radius 2 is 2.33 bits per heavy atom. The van der Waals surface area contributed by atoms with Gasteiger partial charge in [-0.05, 0) is 5.18 Å². The van der Waals surface area contributed by atoms with Gasteiger partial charge in [-0.1, -0.05) is 0 Å². The number of rotatable bonds is 2. The van der Waals surface area contributed by atoms with Crippen LogP contribution in [-0.2, 0) is 0 Å². The molecule has 0 aliphatic rings. The van der Waals surface area contributed by atoms with E-state index in [1.54, 1.807) is 0 Å². The van der Waals surface area contributed by atoms with Crippen LogP contribution in [0.2, 0.25) is 0 Å². The number of hydrogen-bond donors (Lipinski definition) is 2. The van der Waals surface area contributed by atoms with Gasteiger partial charge in [0.1, 0.15) is 5.69 Å². The number of aromatic nitrogens is 2. The van der Waals surface area contributed by atoms with Crippen molar-refractivity contribution in [2.75, 3.05) is 0 Å². The minimum atomic E-state index is -0.848. The molecule has 0 atom stereocenters. The number of primary amides is 1. The number of H-pyrrole nitrogens is 1. The van der Waals surface area contributed by atoms with Crippen molar-refractivity contribution in [3.8, 4) is 0 Å². The first-order chi connectivity index (χ1) is 5.63. The number of amides is 1. The summed E-state index contributed by atoms with van der Waals surface area (Å²) in [6.07, 6.45) is 0. The molecule has 0 aliphatic carbocycles. The summed E-state index contributed by atoms with van der Waals surface area (Å²) in [6, 6.07) is 0.997.